The van der Waals surface area contributed by atoms with Crippen molar-refractivity contribution in [3.8, 4) is 0 Å². The summed E-state index contributed by atoms with van der Waals surface area (Å²) in [5.74, 6) is 0.599. The monoisotopic (exact) mass is 209 g/mol. The van der Waals surface area contributed by atoms with Gasteiger partial charge < -0.3 is 10.3 Å². The summed E-state index contributed by atoms with van der Waals surface area (Å²) >= 11 is 0. The molecule has 1 rings (SSSR count). The molecule has 4 nitrogen and oxygen atoms in total. The first kappa shape index (κ1) is 11.9. The Morgan fingerprint density at radius 2 is 2.27 bits per heavy atom. The lowest BCUT2D eigenvalue weighted by molar-refractivity contribution is -0.123. The van der Waals surface area contributed by atoms with E-state index in [1.807, 2.05) is 4.90 Å². The smallest absolute Gasteiger partial charge is 0.268 e. The highest BCUT2D eigenvalue weighted by Gasteiger charge is 2.26. The number of rotatable bonds is 3. The Morgan fingerprint density at radius 3 is 2.67 bits per heavy atom. The maximum Gasteiger partial charge on any atom is 0.268 e. The average molecular weight is 209 g/mol. The highest BCUT2D eigenvalue weighted by molar-refractivity contribution is 6.41. The van der Waals surface area contributed by atoms with Crippen LogP contribution in [0.15, 0.2) is 4.99 Å². The molecule has 1 atom stereocenters. The van der Waals surface area contributed by atoms with Crippen LogP contribution in [0.4, 0.5) is 0 Å². The third-order valence-corrected chi connectivity index (χ3v) is 2.66. The van der Waals surface area contributed by atoms with E-state index in [-0.39, 0.29) is 5.91 Å². The van der Waals surface area contributed by atoms with Crippen molar-refractivity contribution in [2.45, 2.75) is 26.7 Å². The van der Waals surface area contributed by atoms with Gasteiger partial charge in [0.1, 0.15) is 5.71 Å². The van der Waals surface area contributed by atoms with Crippen molar-refractivity contribution in [2.24, 2.45) is 10.9 Å². The lowest BCUT2D eigenvalue weighted by Crippen LogP contribution is -2.35. The normalized spacial score (nSPS) is 21.9. The summed E-state index contributed by atoms with van der Waals surface area (Å²) in [7, 11) is 1.62. The second-order valence-electron chi connectivity index (χ2n) is 4.27. The van der Waals surface area contributed by atoms with E-state index >= 15 is 0 Å². The van der Waals surface area contributed by atoms with E-state index < -0.39 is 0 Å². The minimum absolute atomic E-state index is 0.00782. The molecule has 1 amide bonds. The lowest BCUT2D eigenvalue weighted by atomic mass is 10.1. The Labute approximate surface area is 90.9 Å². The molecular formula is C11H19N3O. The summed E-state index contributed by atoms with van der Waals surface area (Å²) in [6, 6.07) is 0. The summed E-state index contributed by atoms with van der Waals surface area (Å²) in [6.45, 7) is 5.51. The van der Waals surface area contributed by atoms with Gasteiger partial charge >= 0.3 is 0 Å². The van der Waals surface area contributed by atoms with Crippen LogP contribution < -0.4 is 0 Å². The molecule has 0 aromatic rings. The number of likely N-dealkylation sites (tertiary alicyclic amines) is 1. The molecule has 0 bridgehead atoms. The minimum atomic E-state index is 0.00782. The van der Waals surface area contributed by atoms with Gasteiger partial charge in [-0.1, -0.05) is 6.92 Å². The van der Waals surface area contributed by atoms with Crippen molar-refractivity contribution in [3.63, 3.8) is 0 Å². The molecule has 1 heterocycles. The Kier molecular flexibility index (Phi) is 4.00. The Balaban J connectivity index is 2.62. The van der Waals surface area contributed by atoms with E-state index in [9.17, 15) is 4.79 Å². The van der Waals surface area contributed by atoms with Crippen molar-refractivity contribution in [2.75, 3.05) is 20.1 Å². The molecular weight excluding hydrogens is 190 g/mol. The van der Waals surface area contributed by atoms with Crippen LogP contribution in [0.5, 0.6) is 0 Å². The molecule has 1 aliphatic rings. The van der Waals surface area contributed by atoms with Gasteiger partial charge in [-0.2, -0.15) is 0 Å². The number of nitrogens with zero attached hydrogens (tertiary/aromatic N) is 2. The number of amides is 1. The van der Waals surface area contributed by atoms with Gasteiger partial charge in [-0.05, 0) is 19.3 Å². The first-order valence-corrected chi connectivity index (χ1v) is 5.33. The molecule has 0 spiro atoms. The molecule has 0 aromatic carbocycles. The zero-order valence-electron chi connectivity index (χ0n) is 9.71. The topological polar surface area (TPSA) is 56.5 Å². The van der Waals surface area contributed by atoms with Gasteiger partial charge in [-0.15, -0.1) is 0 Å². The summed E-state index contributed by atoms with van der Waals surface area (Å²) in [4.78, 5) is 17.8. The fraction of sp³-hybridized carbons (Fsp3) is 0.727. The summed E-state index contributed by atoms with van der Waals surface area (Å²) < 4.78 is 0. The molecule has 0 radical (unpaired) electrons. The van der Waals surface area contributed by atoms with E-state index in [1.54, 1.807) is 14.0 Å². The predicted octanol–water partition coefficient (Wildman–Crippen LogP) is 1.36. The highest BCUT2D eigenvalue weighted by Crippen LogP contribution is 2.15. The molecule has 1 saturated heterocycles. The number of carbonyl (C=O) groups excluding carboxylic acids is 1. The van der Waals surface area contributed by atoms with E-state index in [1.165, 1.54) is 0 Å². The standard InChI is InChI=1S/C11H19N3O/c1-8-4-5-14(7-8)11(15)10(13-3)6-9(2)12/h8,12H,4-7H2,1-3H3. The number of carbonyl (C=O) groups is 1. The van der Waals surface area contributed by atoms with Gasteiger partial charge in [0.05, 0.1) is 0 Å². The number of nitrogens with one attached hydrogen (secondary N) is 1. The molecule has 1 fully saturated rings. The van der Waals surface area contributed by atoms with Gasteiger partial charge in [0.15, 0.2) is 0 Å². The first-order valence-electron chi connectivity index (χ1n) is 5.33. The van der Waals surface area contributed by atoms with Gasteiger partial charge in [0.2, 0.25) is 0 Å². The number of aliphatic imine (C=N–C) groups is 1. The number of hydrogen-bond donors (Lipinski definition) is 1. The van der Waals surface area contributed by atoms with Crippen LogP contribution in [0.1, 0.15) is 26.7 Å². The Hall–Kier alpha value is -1.19. The molecule has 1 N–H and O–H groups in total. The van der Waals surface area contributed by atoms with Crippen LogP contribution in [0.2, 0.25) is 0 Å². The highest BCUT2D eigenvalue weighted by atomic mass is 16.2. The van der Waals surface area contributed by atoms with E-state index in [2.05, 4.69) is 11.9 Å². The molecule has 15 heavy (non-hydrogen) atoms. The van der Waals surface area contributed by atoms with Crippen LogP contribution in [-0.2, 0) is 4.79 Å². The zero-order chi connectivity index (χ0) is 11.4. The van der Waals surface area contributed by atoms with Gasteiger partial charge in [0, 0.05) is 32.3 Å². The van der Waals surface area contributed by atoms with Gasteiger partial charge in [0.25, 0.3) is 5.91 Å². The molecule has 4 heteroatoms. The molecule has 0 aliphatic carbocycles. The largest absolute Gasteiger partial charge is 0.337 e. The third kappa shape index (κ3) is 3.15. The fourth-order valence-corrected chi connectivity index (χ4v) is 1.80. The lowest BCUT2D eigenvalue weighted by Gasteiger charge is -2.16. The van der Waals surface area contributed by atoms with Gasteiger partial charge in [-0.25, -0.2) is 0 Å². The van der Waals surface area contributed by atoms with Crippen LogP contribution in [0.25, 0.3) is 0 Å². The third-order valence-electron chi connectivity index (χ3n) is 2.66. The van der Waals surface area contributed by atoms with Crippen LogP contribution >= 0.6 is 0 Å². The zero-order valence-corrected chi connectivity index (χ0v) is 9.71. The van der Waals surface area contributed by atoms with E-state index in [0.717, 1.165) is 19.5 Å². The minimum Gasteiger partial charge on any atom is -0.337 e. The van der Waals surface area contributed by atoms with Crippen LogP contribution in [-0.4, -0.2) is 42.4 Å². The van der Waals surface area contributed by atoms with Crippen LogP contribution in [0, 0.1) is 11.3 Å². The van der Waals surface area contributed by atoms with E-state index in [4.69, 9.17) is 5.41 Å². The van der Waals surface area contributed by atoms with Crippen LogP contribution in [0.3, 0.4) is 0 Å². The molecule has 1 unspecified atom stereocenters. The molecule has 1 aliphatic heterocycles. The van der Waals surface area contributed by atoms with Crippen molar-refractivity contribution in [3.05, 3.63) is 0 Å². The summed E-state index contributed by atoms with van der Waals surface area (Å²) in [5.41, 5.74) is 0.993. The SMILES string of the molecule is CN=C(CC(C)=N)C(=O)N1CCC(C)C1. The van der Waals surface area contributed by atoms with Crippen molar-refractivity contribution >= 4 is 17.3 Å². The maximum atomic E-state index is 12.0. The summed E-state index contributed by atoms with van der Waals surface area (Å²) in [5, 5.41) is 7.38. The average Bonchev–Trinajstić information content (AvgIpc) is 2.60. The Bertz CT molecular complexity index is 296. The maximum absolute atomic E-state index is 12.0. The Morgan fingerprint density at radius 1 is 1.60 bits per heavy atom. The predicted molar refractivity (Wildman–Crippen MR) is 61.7 cm³/mol. The van der Waals surface area contributed by atoms with E-state index in [0.29, 0.717) is 23.8 Å². The van der Waals surface area contributed by atoms with Crippen molar-refractivity contribution in [1.29, 1.82) is 5.41 Å². The molecule has 0 aromatic heterocycles. The quantitative estimate of drug-likeness (QED) is 0.701. The number of hydrogen-bond acceptors (Lipinski definition) is 3. The molecule has 0 saturated carbocycles. The second kappa shape index (κ2) is 5.05. The van der Waals surface area contributed by atoms with Gasteiger partial charge in [-0.3, -0.25) is 9.79 Å². The van der Waals surface area contributed by atoms with Crippen molar-refractivity contribution < 1.29 is 4.79 Å². The van der Waals surface area contributed by atoms with Crippen molar-refractivity contribution in [1.82, 2.24) is 4.90 Å². The fourth-order valence-electron chi connectivity index (χ4n) is 1.80. The summed E-state index contributed by atoms with van der Waals surface area (Å²) in [6.07, 6.45) is 1.45. The second-order valence-corrected chi connectivity index (χ2v) is 4.27. The first-order chi connectivity index (χ1) is 7.04. The molecule has 84 valence electrons.